The third-order valence-electron chi connectivity index (χ3n) is 3.79. The topological polar surface area (TPSA) is 52.9 Å². The summed E-state index contributed by atoms with van der Waals surface area (Å²) in [5, 5.41) is 16.3. The van der Waals surface area contributed by atoms with Crippen molar-refractivity contribution in [2.24, 2.45) is 5.41 Å². The number of nitrogens with one attached hydrogen (secondary N) is 1. The van der Waals surface area contributed by atoms with Gasteiger partial charge in [0.1, 0.15) is 5.41 Å². The molecule has 0 saturated heterocycles. The van der Waals surface area contributed by atoms with Crippen molar-refractivity contribution in [2.75, 3.05) is 6.54 Å². The molecule has 1 atom stereocenters. The Morgan fingerprint density at radius 2 is 2.33 bits per heavy atom. The zero-order valence-corrected chi connectivity index (χ0v) is 11.4. The summed E-state index contributed by atoms with van der Waals surface area (Å²) in [4.78, 5) is 12.1. The lowest BCUT2D eigenvalue weighted by Gasteiger charge is -2.20. The van der Waals surface area contributed by atoms with Crippen LogP contribution in [0.4, 0.5) is 0 Å². The fraction of sp³-hybridized carbons (Fsp3) is 0.571. The SMILES string of the molecule is C[C@H](CNC(=O)C1(C#N)CCCC1)c1ccsc1. The van der Waals surface area contributed by atoms with E-state index in [-0.39, 0.29) is 5.91 Å². The van der Waals surface area contributed by atoms with E-state index in [9.17, 15) is 10.1 Å². The maximum Gasteiger partial charge on any atom is 0.240 e. The third kappa shape index (κ3) is 2.56. The van der Waals surface area contributed by atoms with E-state index < -0.39 is 5.41 Å². The average Bonchev–Trinajstić information content (AvgIpc) is 3.06. The number of nitrogens with zero attached hydrogens (tertiary/aromatic N) is 1. The molecular formula is C14H18N2OS. The maximum atomic E-state index is 12.1. The first-order chi connectivity index (χ1) is 8.68. The van der Waals surface area contributed by atoms with E-state index in [4.69, 9.17) is 0 Å². The summed E-state index contributed by atoms with van der Waals surface area (Å²) in [7, 11) is 0. The van der Waals surface area contributed by atoms with Crippen molar-refractivity contribution >= 4 is 17.2 Å². The van der Waals surface area contributed by atoms with E-state index >= 15 is 0 Å². The first-order valence-corrected chi connectivity index (χ1v) is 7.34. The van der Waals surface area contributed by atoms with Crippen LogP contribution in [0, 0.1) is 16.7 Å². The Balaban J connectivity index is 1.90. The van der Waals surface area contributed by atoms with Crippen molar-refractivity contribution in [3.05, 3.63) is 22.4 Å². The van der Waals surface area contributed by atoms with Gasteiger partial charge in [0, 0.05) is 6.54 Å². The Kier molecular flexibility index (Phi) is 4.03. The number of carbonyl (C=O) groups excluding carboxylic acids is 1. The van der Waals surface area contributed by atoms with Gasteiger partial charge < -0.3 is 5.32 Å². The van der Waals surface area contributed by atoms with Crippen LogP contribution in [-0.4, -0.2) is 12.5 Å². The molecule has 0 aromatic carbocycles. The lowest BCUT2D eigenvalue weighted by Crippen LogP contribution is -2.39. The second-order valence-corrected chi connectivity index (χ2v) is 5.85. The van der Waals surface area contributed by atoms with Gasteiger partial charge in [-0.1, -0.05) is 19.8 Å². The van der Waals surface area contributed by atoms with Gasteiger partial charge >= 0.3 is 0 Å². The van der Waals surface area contributed by atoms with Crippen LogP contribution in [-0.2, 0) is 4.79 Å². The van der Waals surface area contributed by atoms with E-state index in [1.807, 2.05) is 5.38 Å². The standard InChI is InChI=1S/C14H18N2OS/c1-11(12-4-7-18-9-12)8-16-13(17)14(10-15)5-2-3-6-14/h4,7,9,11H,2-3,5-6,8H2,1H3,(H,16,17)/t11-/m1/s1. The zero-order valence-electron chi connectivity index (χ0n) is 10.6. The molecule has 1 aromatic heterocycles. The highest BCUT2D eigenvalue weighted by Gasteiger charge is 2.41. The van der Waals surface area contributed by atoms with Crippen LogP contribution in [0.1, 0.15) is 44.1 Å². The van der Waals surface area contributed by atoms with Gasteiger partial charge in [0.05, 0.1) is 6.07 Å². The van der Waals surface area contributed by atoms with Crippen molar-refractivity contribution in [3.8, 4) is 6.07 Å². The molecule has 1 amide bonds. The quantitative estimate of drug-likeness (QED) is 0.906. The molecule has 18 heavy (non-hydrogen) atoms. The van der Waals surface area contributed by atoms with Gasteiger partial charge in [0.2, 0.25) is 5.91 Å². The van der Waals surface area contributed by atoms with Crippen LogP contribution in [0.15, 0.2) is 16.8 Å². The molecule has 1 aliphatic carbocycles. The van der Waals surface area contributed by atoms with Gasteiger partial charge in [-0.25, -0.2) is 0 Å². The molecule has 0 spiro atoms. The number of amides is 1. The molecule has 1 fully saturated rings. The molecule has 2 rings (SSSR count). The summed E-state index contributed by atoms with van der Waals surface area (Å²) < 4.78 is 0. The molecule has 4 heteroatoms. The highest BCUT2D eigenvalue weighted by Crippen LogP contribution is 2.37. The molecule has 96 valence electrons. The fourth-order valence-corrected chi connectivity index (χ4v) is 3.24. The number of hydrogen-bond acceptors (Lipinski definition) is 3. The molecule has 1 aromatic rings. The van der Waals surface area contributed by atoms with Crippen molar-refractivity contribution in [3.63, 3.8) is 0 Å². The molecule has 1 N–H and O–H groups in total. The van der Waals surface area contributed by atoms with Gasteiger partial charge in [-0.2, -0.15) is 16.6 Å². The van der Waals surface area contributed by atoms with Crippen LogP contribution in [0.25, 0.3) is 0 Å². The molecule has 0 radical (unpaired) electrons. The number of hydrogen-bond donors (Lipinski definition) is 1. The third-order valence-corrected chi connectivity index (χ3v) is 4.49. The molecule has 3 nitrogen and oxygen atoms in total. The van der Waals surface area contributed by atoms with E-state index in [0.717, 1.165) is 12.8 Å². The second-order valence-electron chi connectivity index (χ2n) is 5.07. The van der Waals surface area contributed by atoms with Gasteiger partial charge in [-0.05, 0) is 41.1 Å². The van der Waals surface area contributed by atoms with Crippen molar-refractivity contribution in [2.45, 2.75) is 38.5 Å². The summed E-state index contributed by atoms with van der Waals surface area (Å²) in [6, 6.07) is 4.31. The highest BCUT2D eigenvalue weighted by atomic mass is 32.1. The molecular weight excluding hydrogens is 244 g/mol. The van der Waals surface area contributed by atoms with Gasteiger partial charge in [-0.15, -0.1) is 0 Å². The highest BCUT2D eigenvalue weighted by molar-refractivity contribution is 7.07. The van der Waals surface area contributed by atoms with Crippen LogP contribution in [0.5, 0.6) is 0 Å². The summed E-state index contributed by atoms with van der Waals surface area (Å²) in [5.74, 6) is 0.224. The van der Waals surface area contributed by atoms with Crippen LogP contribution in [0.3, 0.4) is 0 Å². The molecule has 1 saturated carbocycles. The summed E-state index contributed by atoms with van der Waals surface area (Å²) in [6.45, 7) is 2.70. The van der Waals surface area contributed by atoms with Crippen molar-refractivity contribution in [1.29, 1.82) is 5.26 Å². The lowest BCUT2D eigenvalue weighted by molar-refractivity contribution is -0.128. The number of nitriles is 1. The Bertz CT molecular complexity index is 441. The van der Waals surface area contributed by atoms with Gasteiger partial charge in [-0.3, -0.25) is 4.79 Å². The van der Waals surface area contributed by atoms with Crippen molar-refractivity contribution < 1.29 is 4.79 Å². The minimum atomic E-state index is -0.756. The number of thiophene rings is 1. The molecule has 1 aliphatic rings. The van der Waals surface area contributed by atoms with Crippen LogP contribution in [0.2, 0.25) is 0 Å². The minimum absolute atomic E-state index is 0.0791. The van der Waals surface area contributed by atoms with E-state index in [0.29, 0.717) is 25.3 Å². The second kappa shape index (κ2) is 5.53. The Labute approximate surface area is 112 Å². The zero-order chi connectivity index (χ0) is 13.0. The molecule has 0 aliphatic heterocycles. The summed E-state index contributed by atoms with van der Waals surface area (Å²) >= 11 is 1.67. The predicted molar refractivity (Wildman–Crippen MR) is 72.3 cm³/mol. The molecule has 0 bridgehead atoms. The number of rotatable bonds is 4. The monoisotopic (exact) mass is 262 g/mol. The molecule has 0 unspecified atom stereocenters. The first kappa shape index (κ1) is 13.1. The molecule has 1 heterocycles. The predicted octanol–water partition coefficient (Wildman–Crippen LogP) is 3.05. The minimum Gasteiger partial charge on any atom is -0.354 e. The summed E-state index contributed by atoms with van der Waals surface area (Å²) in [6.07, 6.45) is 3.40. The largest absolute Gasteiger partial charge is 0.354 e. The average molecular weight is 262 g/mol. The van der Waals surface area contributed by atoms with Gasteiger partial charge in [0.15, 0.2) is 0 Å². The van der Waals surface area contributed by atoms with E-state index in [2.05, 4.69) is 29.8 Å². The van der Waals surface area contributed by atoms with Crippen LogP contribution >= 0.6 is 11.3 Å². The fourth-order valence-electron chi connectivity index (χ4n) is 2.46. The van der Waals surface area contributed by atoms with E-state index in [1.54, 1.807) is 11.3 Å². The Morgan fingerprint density at radius 3 is 2.89 bits per heavy atom. The normalized spacial score (nSPS) is 19.1. The Hall–Kier alpha value is -1.34. The lowest BCUT2D eigenvalue weighted by atomic mass is 9.87. The first-order valence-electron chi connectivity index (χ1n) is 6.39. The van der Waals surface area contributed by atoms with Gasteiger partial charge in [0.25, 0.3) is 0 Å². The summed E-state index contributed by atoms with van der Waals surface area (Å²) in [5.41, 5.74) is 0.492. The maximum absolute atomic E-state index is 12.1. The van der Waals surface area contributed by atoms with Crippen molar-refractivity contribution in [1.82, 2.24) is 5.32 Å². The Morgan fingerprint density at radius 1 is 1.61 bits per heavy atom. The number of carbonyl (C=O) groups is 1. The smallest absolute Gasteiger partial charge is 0.240 e. The van der Waals surface area contributed by atoms with E-state index in [1.165, 1.54) is 5.56 Å². The van der Waals surface area contributed by atoms with Crippen LogP contribution < -0.4 is 5.32 Å².